The van der Waals surface area contributed by atoms with Crippen LogP contribution in [0.4, 0.5) is 0 Å². The summed E-state index contributed by atoms with van der Waals surface area (Å²) in [5.74, 6) is 2.82. The minimum absolute atomic E-state index is 0.0292. The van der Waals surface area contributed by atoms with Gasteiger partial charge in [0.05, 0.1) is 25.0 Å². The van der Waals surface area contributed by atoms with Crippen LogP contribution < -0.4 is 9.47 Å². The first-order valence-electron chi connectivity index (χ1n) is 20.2. The molecule has 0 saturated heterocycles. The van der Waals surface area contributed by atoms with Crippen molar-refractivity contribution in [1.29, 1.82) is 0 Å². The normalized spacial score (nSPS) is 18.8. The zero-order valence-corrected chi connectivity index (χ0v) is 35.0. The average Bonchev–Trinajstić information content (AvgIpc) is 3.04. The van der Waals surface area contributed by atoms with Gasteiger partial charge >= 0.3 is 11.9 Å². The van der Waals surface area contributed by atoms with Crippen LogP contribution in [0.1, 0.15) is 170 Å². The Hall–Kier alpha value is -2.12. The van der Waals surface area contributed by atoms with Gasteiger partial charge in [0.25, 0.3) is 0 Å². The van der Waals surface area contributed by atoms with Crippen LogP contribution in [0, 0.1) is 43.4 Å². The number of benzene rings is 1. The van der Waals surface area contributed by atoms with Crippen LogP contribution in [0.15, 0.2) is 6.07 Å². The van der Waals surface area contributed by atoms with Gasteiger partial charge in [-0.2, -0.15) is 0 Å². The summed E-state index contributed by atoms with van der Waals surface area (Å²) in [4.78, 5) is 25.7. The molecular weight excluding hydrogens is 640 g/mol. The standard InChI is InChI=1S/C44H76O7/c1-30(2)17-14-18-31(3)19-15-20-32(4)21-16-25-44(13)26-24-37-27-38(35(7)36(8)41(37)51-44)49-39(46)22-23-40(47)50-43(11,12)34(6)29-48-42(9,10)33(5)28-45/h27,30-34,45H,14-26,28-29H2,1-13H3/t31?,32?,33?,34?,44-/m1/s1. The highest BCUT2D eigenvalue weighted by atomic mass is 16.6. The maximum atomic E-state index is 12.9. The smallest absolute Gasteiger partial charge is 0.311 e. The Morgan fingerprint density at radius 3 is 1.98 bits per heavy atom. The van der Waals surface area contributed by atoms with E-state index in [0.717, 1.165) is 59.5 Å². The lowest BCUT2D eigenvalue weighted by atomic mass is 9.85. The minimum Gasteiger partial charge on any atom is -0.487 e. The maximum Gasteiger partial charge on any atom is 0.311 e. The van der Waals surface area contributed by atoms with Gasteiger partial charge in [-0.05, 0) is 115 Å². The molecule has 1 aromatic carbocycles. The van der Waals surface area contributed by atoms with Crippen molar-refractivity contribution in [2.45, 2.75) is 190 Å². The highest BCUT2D eigenvalue weighted by Crippen LogP contribution is 2.42. The number of fused-ring (bicyclic) bond motifs is 1. The largest absolute Gasteiger partial charge is 0.487 e. The van der Waals surface area contributed by atoms with E-state index in [9.17, 15) is 14.7 Å². The summed E-state index contributed by atoms with van der Waals surface area (Å²) >= 11 is 0. The zero-order chi connectivity index (χ0) is 38.6. The molecule has 0 radical (unpaired) electrons. The van der Waals surface area contributed by atoms with Crippen molar-refractivity contribution in [2.24, 2.45) is 29.6 Å². The molecule has 0 aliphatic carbocycles. The van der Waals surface area contributed by atoms with E-state index >= 15 is 0 Å². The fourth-order valence-electron chi connectivity index (χ4n) is 6.76. The second kappa shape index (κ2) is 20.4. The van der Waals surface area contributed by atoms with E-state index < -0.39 is 23.1 Å². The highest BCUT2D eigenvalue weighted by molar-refractivity contribution is 5.79. The van der Waals surface area contributed by atoms with Crippen LogP contribution in [0.25, 0.3) is 0 Å². The molecule has 7 nitrogen and oxygen atoms in total. The van der Waals surface area contributed by atoms with Gasteiger partial charge in [0, 0.05) is 18.4 Å². The van der Waals surface area contributed by atoms with Gasteiger partial charge in [-0.3, -0.25) is 9.59 Å². The van der Waals surface area contributed by atoms with Crippen molar-refractivity contribution in [3.63, 3.8) is 0 Å². The molecule has 1 aromatic rings. The van der Waals surface area contributed by atoms with Crippen molar-refractivity contribution in [2.75, 3.05) is 13.2 Å². The van der Waals surface area contributed by atoms with Gasteiger partial charge in [0.1, 0.15) is 22.7 Å². The molecule has 1 aliphatic rings. The molecule has 0 amide bonds. The number of carbonyl (C=O) groups excluding carboxylic acids is 2. The zero-order valence-electron chi connectivity index (χ0n) is 35.0. The summed E-state index contributed by atoms with van der Waals surface area (Å²) in [6, 6.07) is 1.95. The van der Waals surface area contributed by atoms with E-state index in [1.54, 1.807) is 0 Å². The van der Waals surface area contributed by atoms with Gasteiger partial charge in [-0.15, -0.1) is 0 Å². The third kappa shape index (κ3) is 15.0. The molecule has 51 heavy (non-hydrogen) atoms. The predicted octanol–water partition coefficient (Wildman–Crippen LogP) is 10.9. The predicted molar refractivity (Wildman–Crippen MR) is 208 cm³/mol. The van der Waals surface area contributed by atoms with Crippen molar-refractivity contribution < 1.29 is 33.6 Å². The fraction of sp³-hybridized carbons (Fsp3) is 0.818. The molecular formula is C44H76O7. The summed E-state index contributed by atoms with van der Waals surface area (Å²) < 4.78 is 24.4. The number of aryl methyl sites for hydroxylation is 1. The van der Waals surface area contributed by atoms with Gasteiger partial charge in [0.2, 0.25) is 0 Å². The molecule has 0 aromatic heterocycles. The molecule has 5 atom stereocenters. The Balaban J connectivity index is 1.83. The number of rotatable bonds is 23. The van der Waals surface area contributed by atoms with Crippen LogP contribution in [-0.4, -0.2) is 47.1 Å². The lowest BCUT2D eigenvalue weighted by Gasteiger charge is -2.37. The lowest BCUT2D eigenvalue weighted by molar-refractivity contribution is -0.168. The molecule has 0 bridgehead atoms. The first kappa shape index (κ1) is 45.0. The molecule has 294 valence electrons. The molecule has 1 heterocycles. The Kier molecular flexibility index (Phi) is 18.0. The molecule has 7 heteroatoms. The molecule has 4 unspecified atom stereocenters. The average molecular weight is 717 g/mol. The fourth-order valence-corrected chi connectivity index (χ4v) is 6.76. The topological polar surface area (TPSA) is 91.3 Å². The first-order valence-corrected chi connectivity index (χ1v) is 20.2. The quantitative estimate of drug-likeness (QED) is 0.0890. The SMILES string of the molecule is Cc1c(OC(=O)CCC(=O)OC(C)(C)C(C)COC(C)(C)C(C)CO)cc2c(c1C)O[C@](C)(CCCC(C)CCCC(C)CCCC(C)C)CC2. The summed E-state index contributed by atoms with van der Waals surface area (Å²) in [6.07, 6.45) is 13.2. The van der Waals surface area contributed by atoms with Crippen LogP contribution in [0.5, 0.6) is 11.5 Å². The monoisotopic (exact) mass is 717 g/mol. The van der Waals surface area contributed by atoms with Crippen LogP contribution in [-0.2, 0) is 25.5 Å². The Bertz CT molecular complexity index is 1230. The van der Waals surface area contributed by atoms with Crippen LogP contribution >= 0.6 is 0 Å². The highest BCUT2D eigenvalue weighted by Gasteiger charge is 2.35. The number of aliphatic hydroxyl groups is 1. The number of hydrogen-bond acceptors (Lipinski definition) is 7. The molecule has 1 aliphatic heterocycles. The van der Waals surface area contributed by atoms with Gasteiger partial charge in [0.15, 0.2) is 0 Å². The van der Waals surface area contributed by atoms with E-state index in [1.807, 2.05) is 61.5 Å². The maximum absolute atomic E-state index is 12.9. The van der Waals surface area contributed by atoms with Crippen molar-refractivity contribution in [1.82, 2.24) is 0 Å². The van der Waals surface area contributed by atoms with Crippen LogP contribution in [0.2, 0.25) is 0 Å². The number of esters is 2. The second-order valence-corrected chi connectivity index (χ2v) is 18.0. The molecule has 1 N–H and O–H groups in total. The third-order valence-corrected chi connectivity index (χ3v) is 11.9. The minimum atomic E-state index is -0.788. The van der Waals surface area contributed by atoms with Crippen molar-refractivity contribution in [3.05, 3.63) is 22.8 Å². The summed E-state index contributed by atoms with van der Waals surface area (Å²) in [6.45, 7) is 27.6. The molecule has 0 saturated carbocycles. The lowest BCUT2D eigenvalue weighted by Crippen LogP contribution is -2.42. The summed E-state index contributed by atoms with van der Waals surface area (Å²) in [5.41, 5.74) is 1.47. The van der Waals surface area contributed by atoms with E-state index in [1.165, 1.54) is 51.4 Å². The van der Waals surface area contributed by atoms with Crippen molar-refractivity contribution in [3.8, 4) is 11.5 Å². The van der Waals surface area contributed by atoms with E-state index in [0.29, 0.717) is 12.4 Å². The third-order valence-electron chi connectivity index (χ3n) is 11.9. The second-order valence-electron chi connectivity index (χ2n) is 18.0. The first-order chi connectivity index (χ1) is 23.7. The van der Waals surface area contributed by atoms with E-state index in [-0.39, 0.29) is 36.9 Å². The molecule has 0 spiro atoms. The number of aliphatic hydroxyl groups excluding tert-OH is 1. The van der Waals surface area contributed by atoms with Crippen LogP contribution in [0.3, 0.4) is 0 Å². The van der Waals surface area contributed by atoms with Gasteiger partial charge in [-0.1, -0.05) is 86.5 Å². The van der Waals surface area contributed by atoms with E-state index in [4.69, 9.17) is 18.9 Å². The summed E-state index contributed by atoms with van der Waals surface area (Å²) in [7, 11) is 0. The van der Waals surface area contributed by atoms with Gasteiger partial charge < -0.3 is 24.1 Å². The summed E-state index contributed by atoms with van der Waals surface area (Å²) in [5, 5.41) is 9.51. The number of hydrogen-bond donors (Lipinski definition) is 1. The Morgan fingerprint density at radius 2 is 1.39 bits per heavy atom. The number of carbonyl (C=O) groups is 2. The van der Waals surface area contributed by atoms with E-state index in [2.05, 4.69) is 34.6 Å². The van der Waals surface area contributed by atoms with Gasteiger partial charge in [-0.25, -0.2) is 0 Å². The number of ether oxygens (including phenoxy) is 4. The van der Waals surface area contributed by atoms with Crippen molar-refractivity contribution >= 4 is 11.9 Å². The molecule has 2 rings (SSSR count). The Labute approximate surface area is 312 Å². The Morgan fingerprint density at radius 1 is 0.824 bits per heavy atom. The molecule has 0 fully saturated rings.